The molecule has 2 amide bonds. The molecule has 2 fully saturated rings. The van der Waals surface area contributed by atoms with Crippen LogP contribution in [0.1, 0.15) is 62.5 Å². The van der Waals surface area contributed by atoms with E-state index in [9.17, 15) is 31.5 Å². The number of rotatable bonds is 9. The second-order valence-corrected chi connectivity index (χ2v) is 16.4. The van der Waals surface area contributed by atoms with E-state index in [1.54, 1.807) is 36.7 Å². The quantitative estimate of drug-likeness (QED) is 0.148. The third-order valence-corrected chi connectivity index (χ3v) is 12.7. The summed E-state index contributed by atoms with van der Waals surface area (Å²) in [5.74, 6) is -9.05. The summed E-state index contributed by atoms with van der Waals surface area (Å²) in [6.45, 7) is 2.00. The van der Waals surface area contributed by atoms with Crippen molar-refractivity contribution in [3.8, 4) is 11.1 Å². The van der Waals surface area contributed by atoms with E-state index in [0.717, 1.165) is 23.4 Å². The number of benzene rings is 2. The van der Waals surface area contributed by atoms with Gasteiger partial charge in [0.05, 0.1) is 16.4 Å². The predicted molar refractivity (Wildman–Crippen MR) is 206 cm³/mol. The van der Waals surface area contributed by atoms with Crippen LogP contribution in [0, 0.1) is 17.6 Å². The third-order valence-electron chi connectivity index (χ3n) is 11.6. The molecule has 19 heteroatoms. The molecule has 3 atom stereocenters. The molecule has 6 aromatic rings. The monoisotopic (exact) mass is 847 g/mol. The van der Waals surface area contributed by atoms with E-state index in [4.69, 9.17) is 9.97 Å². The van der Waals surface area contributed by atoms with Crippen molar-refractivity contribution in [2.45, 2.75) is 50.0 Å². The Balaban J connectivity index is 1.04. The normalized spacial score (nSPS) is 19.6. The van der Waals surface area contributed by atoms with Gasteiger partial charge in [-0.2, -0.15) is 32.0 Å². The molecule has 0 bridgehead atoms. The smallest absolute Gasteiger partial charge is 0.368 e. The lowest BCUT2D eigenvalue weighted by molar-refractivity contribution is -0.142. The number of fused-ring (bicyclic) bond motifs is 5. The first-order chi connectivity index (χ1) is 28.7. The molecule has 2 aliphatic heterocycles. The van der Waals surface area contributed by atoms with Gasteiger partial charge in [-0.1, -0.05) is 23.5 Å². The van der Waals surface area contributed by atoms with Crippen molar-refractivity contribution in [3.63, 3.8) is 0 Å². The highest BCUT2D eigenvalue weighted by Crippen LogP contribution is 2.68. The lowest BCUT2D eigenvalue weighted by Crippen LogP contribution is -2.46. The highest BCUT2D eigenvalue weighted by atomic mass is 32.1. The van der Waals surface area contributed by atoms with Crippen molar-refractivity contribution in [1.82, 2.24) is 35.4 Å². The van der Waals surface area contributed by atoms with Gasteiger partial charge in [-0.05, 0) is 71.8 Å². The number of aromatic nitrogens is 5. The highest BCUT2D eigenvalue weighted by Gasteiger charge is 2.68. The molecule has 1 saturated heterocycles. The van der Waals surface area contributed by atoms with E-state index in [-0.39, 0.29) is 35.7 Å². The van der Waals surface area contributed by atoms with E-state index in [0.29, 0.717) is 70.0 Å². The molecule has 4 aromatic heterocycles. The zero-order valence-electron chi connectivity index (χ0n) is 31.2. The van der Waals surface area contributed by atoms with E-state index < -0.39 is 71.0 Å². The fourth-order valence-electron chi connectivity index (χ4n) is 8.74. The van der Waals surface area contributed by atoms with Crippen molar-refractivity contribution in [1.29, 1.82) is 0 Å². The van der Waals surface area contributed by atoms with Crippen LogP contribution in [0.15, 0.2) is 67.0 Å². The van der Waals surface area contributed by atoms with Crippen LogP contribution in [0.5, 0.6) is 0 Å². The molecule has 4 aliphatic rings. The van der Waals surface area contributed by atoms with Crippen LogP contribution in [-0.4, -0.2) is 62.7 Å². The Labute approximate surface area is 340 Å². The number of alkyl halides is 5. The molecule has 2 aliphatic carbocycles. The maximum absolute atomic E-state index is 15.4. The Morgan fingerprint density at radius 1 is 0.950 bits per heavy atom. The van der Waals surface area contributed by atoms with E-state index >= 15 is 8.78 Å². The largest absolute Gasteiger partial charge is 0.435 e. The molecule has 1 unspecified atom stereocenters. The van der Waals surface area contributed by atoms with Gasteiger partial charge in [-0.3, -0.25) is 19.3 Å². The maximum Gasteiger partial charge on any atom is 0.435 e. The number of piperazine rings is 1. The van der Waals surface area contributed by atoms with Gasteiger partial charge in [0.25, 0.3) is 11.8 Å². The summed E-state index contributed by atoms with van der Waals surface area (Å²) in [5.41, 5.74) is 0.705. The van der Waals surface area contributed by atoms with Gasteiger partial charge < -0.3 is 20.4 Å². The Morgan fingerprint density at radius 3 is 2.42 bits per heavy atom. The van der Waals surface area contributed by atoms with Gasteiger partial charge in [0.15, 0.2) is 16.5 Å². The summed E-state index contributed by atoms with van der Waals surface area (Å²) in [6.07, 6.45) is -1.97. The summed E-state index contributed by atoms with van der Waals surface area (Å²) < 4.78 is 103. The van der Waals surface area contributed by atoms with Gasteiger partial charge >= 0.3 is 6.18 Å². The lowest BCUT2D eigenvalue weighted by atomic mass is 9.93. The first-order valence-electron chi connectivity index (χ1n) is 19.1. The van der Waals surface area contributed by atoms with Crippen LogP contribution in [0.3, 0.4) is 0 Å². The fraction of sp³-hybridized carbons (Fsp3) is 0.317. The second kappa shape index (κ2) is 14.0. The Morgan fingerprint density at radius 2 is 1.68 bits per heavy atom. The van der Waals surface area contributed by atoms with Crippen molar-refractivity contribution >= 4 is 44.3 Å². The molecule has 2 N–H and O–H groups in total. The molecule has 60 heavy (non-hydrogen) atoms. The highest BCUT2D eigenvalue weighted by molar-refractivity contribution is 7.22. The molecule has 0 radical (unpaired) electrons. The molecular weight excluding hydrogens is 816 g/mol. The summed E-state index contributed by atoms with van der Waals surface area (Å²) >= 11 is 1.38. The Kier molecular flexibility index (Phi) is 8.89. The zero-order chi connectivity index (χ0) is 41.7. The number of nitrogens with zero attached hydrogens (tertiary/aromatic N) is 7. The van der Waals surface area contributed by atoms with Gasteiger partial charge in [0, 0.05) is 79.5 Å². The fourth-order valence-corrected chi connectivity index (χ4v) is 9.74. The van der Waals surface area contributed by atoms with Crippen molar-refractivity contribution in [2.75, 3.05) is 36.0 Å². The molecule has 10 rings (SSSR count). The topological polar surface area (TPSA) is 121 Å². The SMILES string of the molecule is O=C(Cn1nc(C(F)(F)F)c2c1C(F)(F)[C@@H]1CC21)N[C@@H](Cc1cc(F)cc(F)c1)c1nc2nc(N3CCN(c4ccncc4)CC3)sc2cc1-c1ccc2c(c1)C(=O)NC2. The minimum atomic E-state index is -5.04. The van der Waals surface area contributed by atoms with Crippen LogP contribution in [0.4, 0.5) is 41.6 Å². The number of hydrogen-bond acceptors (Lipinski definition) is 9. The number of hydrogen-bond donors (Lipinski definition) is 2. The van der Waals surface area contributed by atoms with Crippen LogP contribution >= 0.6 is 11.3 Å². The van der Waals surface area contributed by atoms with E-state index in [1.807, 2.05) is 12.1 Å². The first-order valence-corrected chi connectivity index (χ1v) is 20.0. The standard InChI is InChI=1S/C41H32F7N9O2S/c42-23-11-20(12-24(43)15-23)13-30(51-32(58)19-57-36-33(35(54-57)41(46,47)48)28-16-29(28)40(36,44)45)34-26(21-1-2-22-18-50-38(59)27(22)14-21)17-31-37(52-34)53-39(60-31)56-9-7-55(8-10-56)25-3-5-49-6-4-25/h1-6,11-12,14-15,17,28-30H,7-10,13,16,18-19H2,(H,50,59)(H,51,58)/t28?,29-,30+/m1/s1. The van der Waals surface area contributed by atoms with Crippen LogP contribution in [0.2, 0.25) is 0 Å². The number of nitrogens with one attached hydrogen (secondary N) is 2. The average Bonchev–Trinajstić information content (AvgIpc) is 3.44. The summed E-state index contributed by atoms with van der Waals surface area (Å²) in [5, 5.41) is 9.68. The van der Waals surface area contributed by atoms with Crippen molar-refractivity contribution in [2.24, 2.45) is 5.92 Å². The number of pyridine rings is 2. The van der Waals surface area contributed by atoms with E-state index in [1.165, 1.54) is 11.3 Å². The Hall–Kier alpha value is -6.11. The lowest BCUT2D eigenvalue weighted by Gasteiger charge is -2.35. The third kappa shape index (κ3) is 6.67. The summed E-state index contributed by atoms with van der Waals surface area (Å²) in [4.78, 5) is 45.0. The first kappa shape index (κ1) is 38.1. The van der Waals surface area contributed by atoms with Gasteiger partial charge in [-0.15, -0.1) is 0 Å². The minimum absolute atomic E-state index is 0.0935. The van der Waals surface area contributed by atoms with E-state index in [2.05, 4.69) is 30.5 Å². The minimum Gasteiger partial charge on any atom is -0.368 e. The molecule has 308 valence electrons. The van der Waals surface area contributed by atoms with Gasteiger partial charge in [-0.25, -0.2) is 13.8 Å². The zero-order valence-corrected chi connectivity index (χ0v) is 32.1. The van der Waals surface area contributed by atoms with Gasteiger partial charge in [0.2, 0.25) is 5.91 Å². The Bertz CT molecular complexity index is 2690. The molecule has 11 nitrogen and oxygen atoms in total. The van der Waals surface area contributed by atoms with Crippen molar-refractivity contribution in [3.05, 3.63) is 118 Å². The number of carbonyl (C=O) groups is 2. The molecule has 6 heterocycles. The number of thiazole rings is 1. The summed E-state index contributed by atoms with van der Waals surface area (Å²) in [6, 6.07) is 12.5. The maximum atomic E-state index is 15.4. The second-order valence-electron chi connectivity index (χ2n) is 15.4. The predicted octanol–water partition coefficient (Wildman–Crippen LogP) is 7.13. The molecule has 1 saturated carbocycles. The number of amides is 2. The van der Waals surface area contributed by atoms with Crippen LogP contribution < -0.4 is 20.4 Å². The average molecular weight is 848 g/mol. The number of halogens is 7. The van der Waals surface area contributed by atoms with Crippen LogP contribution in [-0.2, 0) is 36.4 Å². The van der Waals surface area contributed by atoms with Crippen LogP contribution in [0.25, 0.3) is 21.5 Å². The molecule has 0 spiro atoms. The molecular formula is C41H32F7N9O2S. The van der Waals surface area contributed by atoms with Crippen molar-refractivity contribution < 1.29 is 40.3 Å². The van der Waals surface area contributed by atoms with Gasteiger partial charge in [0.1, 0.15) is 23.9 Å². The number of carbonyl (C=O) groups excluding carboxylic acids is 2. The number of anilines is 2. The molecule has 2 aromatic carbocycles. The summed E-state index contributed by atoms with van der Waals surface area (Å²) in [7, 11) is 0.